The van der Waals surface area contributed by atoms with Crippen molar-refractivity contribution in [1.82, 2.24) is 0 Å². The van der Waals surface area contributed by atoms with E-state index >= 15 is 0 Å². The molecule has 0 fully saturated rings. The van der Waals surface area contributed by atoms with Crippen molar-refractivity contribution in [1.29, 1.82) is 0 Å². The number of alkyl halides is 5. The number of thioether (sulfide) groups is 1. The molecule has 0 saturated carbocycles. The first-order chi connectivity index (χ1) is 6.46. The van der Waals surface area contributed by atoms with E-state index in [1.807, 2.05) is 20.8 Å². The number of rotatable bonds is 4. The third-order valence-electron chi connectivity index (χ3n) is 1.58. The summed E-state index contributed by atoms with van der Waals surface area (Å²) in [6.07, 6.45) is -6.67. The van der Waals surface area contributed by atoms with Crippen LogP contribution in [0, 0.1) is 0 Å². The second kappa shape index (κ2) is 4.89. The Hall–Kier alpha value is -0.0000000000000000555. The SMILES string of the molecule is CC(C)(C)SCCCC(F)(F)C(F)(F)F. The van der Waals surface area contributed by atoms with Gasteiger partial charge in [-0.1, -0.05) is 20.8 Å². The van der Waals surface area contributed by atoms with Crippen molar-refractivity contribution in [2.24, 2.45) is 0 Å². The molecule has 0 aromatic rings. The van der Waals surface area contributed by atoms with Crippen LogP contribution < -0.4 is 0 Å². The average Bonchev–Trinajstić information content (AvgIpc) is 1.94. The largest absolute Gasteiger partial charge is 0.453 e. The number of halogens is 5. The highest BCUT2D eigenvalue weighted by atomic mass is 32.2. The van der Waals surface area contributed by atoms with Crippen LogP contribution in [0.5, 0.6) is 0 Å². The summed E-state index contributed by atoms with van der Waals surface area (Å²) in [6, 6.07) is 0. The summed E-state index contributed by atoms with van der Waals surface area (Å²) in [5, 5.41) is 0. The maximum Gasteiger partial charge on any atom is 0.453 e. The Labute approximate surface area is 90.6 Å². The second-order valence-corrected chi connectivity index (χ2v) is 6.19. The monoisotopic (exact) mass is 250 g/mol. The molecule has 6 heteroatoms. The molecule has 92 valence electrons. The average molecular weight is 250 g/mol. The predicted molar refractivity (Wildman–Crippen MR) is 52.4 cm³/mol. The minimum atomic E-state index is -5.42. The summed E-state index contributed by atoms with van der Waals surface area (Å²) in [5.74, 6) is -4.24. The van der Waals surface area contributed by atoms with Crippen LogP contribution in [0.25, 0.3) is 0 Å². The zero-order valence-corrected chi connectivity index (χ0v) is 9.74. The lowest BCUT2D eigenvalue weighted by atomic mass is 10.2. The highest BCUT2D eigenvalue weighted by Crippen LogP contribution is 2.39. The maximum absolute atomic E-state index is 12.4. The molecular formula is C9H15F5S. The maximum atomic E-state index is 12.4. The molecule has 0 nitrogen and oxygen atoms in total. The number of hydrogen-bond donors (Lipinski definition) is 0. The quantitative estimate of drug-likeness (QED) is 0.523. The van der Waals surface area contributed by atoms with Gasteiger partial charge in [-0.2, -0.15) is 33.7 Å². The smallest absolute Gasteiger partial charge is 0.196 e. The first-order valence-corrected chi connectivity index (χ1v) is 5.53. The van der Waals surface area contributed by atoms with E-state index in [0.29, 0.717) is 5.75 Å². The Morgan fingerprint density at radius 2 is 1.40 bits per heavy atom. The molecule has 0 spiro atoms. The third kappa shape index (κ3) is 6.22. The summed E-state index contributed by atoms with van der Waals surface area (Å²) in [7, 11) is 0. The first-order valence-electron chi connectivity index (χ1n) is 4.54. The normalized spacial score (nSPS) is 14.4. The molecule has 0 heterocycles. The van der Waals surface area contributed by atoms with E-state index < -0.39 is 18.5 Å². The van der Waals surface area contributed by atoms with E-state index in [1.165, 1.54) is 11.8 Å². The van der Waals surface area contributed by atoms with Gasteiger partial charge in [0, 0.05) is 11.2 Å². The van der Waals surface area contributed by atoms with Crippen LogP contribution in [-0.2, 0) is 0 Å². The van der Waals surface area contributed by atoms with Crippen molar-refractivity contribution in [2.75, 3.05) is 5.75 Å². The Bertz CT molecular complexity index is 192. The van der Waals surface area contributed by atoms with E-state index in [9.17, 15) is 22.0 Å². The van der Waals surface area contributed by atoms with Gasteiger partial charge in [-0.25, -0.2) is 0 Å². The summed E-state index contributed by atoms with van der Waals surface area (Å²) >= 11 is 1.38. The van der Waals surface area contributed by atoms with E-state index in [2.05, 4.69) is 0 Å². The first kappa shape index (κ1) is 15.0. The lowest BCUT2D eigenvalue weighted by Gasteiger charge is -2.21. The molecule has 0 aliphatic heterocycles. The van der Waals surface area contributed by atoms with Crippen LogP contribution in [0.15, 0.2) is 0 Å². The van der Waals surface area contributed by atoms with Crippen LogP contribution in [0.4, 0.5) is 22.0 Å². The third-order valence-corrected chi connectivity index (χ3v) is 2.94. The fourth-order valence-electron chi connectivity index (χ4n) is 0.814. The zero-order valence-electron chi connectivity index (χ0n) is 8.92. The van der Waals surface area contributed by atoms with Crippen LogP contribution in [0.3, 0.4) is 0 Å². The summed E-state index contributed by atoms with van der Waals surface area (Å²) in [5.41, 5.74) is 0. The van der Waals surface area contributed by atoms with E-state index in [4.69, 9.17) is 0 Å². The number of hydrogen-bond acceptors (Lipinski definition) is 1. The van der Waals surface area contributed by atoms with Crippen LogP contribution in [0.2, 0.25) is 0 Å². The molecule has 0 aliphatic rings. The van der Waals surface area contributed by atoms with E-state index in [1.54, 1.807) is 0 Å². The predicted octanol–water partition coefficient (Wildman–Crippen LogP) is 4.50. The molecule has 0 bridgehead atoms. The van der Waals surface area contributed by atoms with Crippen molar-refractivity contribution in [3.05, 3.63) is 0 Å². The molecule has 0 aromatic carbocycles. The zero-order chi connectivity index (χ0) is 12.3. The lowest BCUT2D eigenvalue weighted by Crippen LogP contribution is -2.36. The van der Waals surface area contributed by atoms with Gasteiger partial charge in [-0.05, 0) is 12.2 Å². The molecule has 0 saturated heterocycles. The van der Waals surface area contributed by atoms with Crippen LogP contribution in [0.1, 0.15) is 33.6 Å². The second-order valence-electron chi connectivity index (χ2n) is 4.27. The van der Waals surface area contributed by atoms with Crippen molar-refractivity contribution in [3.63, 3.8) is 0 Å². The van der Waals surface area contributed by atoms with Gasteiger partial charge in [0.05, 0.1) is 0 Å². The van der Waals surface area contributed by atoms with Crippen molar-refractivity contribution >= 4 is 11.8 Å². The van der Waals surface area contributed by atoms with Crippen LogP contribution >= 0.6 is 11.8 Å². The van der Waals surface area contributed by atoms with E-state index in [-0.39, 0.29) is 11.2 Å². The summed E-state index contributed by atoms with van der Waals surface area (Å²) in [6.45, 7) is 5.67. The van der Waals surface area contributed by atoms with Gasteiger partial charge in [-0.3, -0.25) is 0 Å². The highest BCUT2D eigenvalue weighted by molar-refractivity contribution is 8.00. The Kier molecular flexibility index (Phi) is 4.89. The van der Waals surface area contributed by atoms with Gasteiger partial charge >= 0.3 is 12.1 Å². The van der Waals surface area contributed by atoms with Crippen LogP contribution in [-0.4, -0.2) is 22.6 Å². The van der Waals surface area contributed by atoms with Gasteiger partial charge in [-0.15, -0.1) is 0 Å². The van der Waals surface area contributed by atoms with Crippen molar-refractivity contribution in [2.45, 2.75) is 50.5 Å². The molecule has 0 aliphatic carbocycles. The van der Waals surface area contributed by atoms with Gasteiger partial charge in [0.25, 0.3) is 0 Å². The Balaban J connectivity index is 3.87. The minimum Gasteiger partial charge on any atom is -0.196 e. The molecule has 15 heavy (non-hydrogen) atoms. The topological polar surface area (TPSA) is 0 Å². The molecule has 0 rings (SSSR count). The van der Waals surface area contributed by atoms with Gasteiger partial charge in [0.1, 0.15) is 0 Å². The molecule has 0 amide bonds. The standard InChI is InChI=1S/C9H15F5S/c1-7(2,3)15-6-4-5-8(10,11)9(12,13)14/h4-6H2,1-3H3. The lowest BCUT2D eigenvalue weighted by molar-refractivity contribution is -0.284. The van der Waals surface area contributed by atoms with Gasteiger partial charge in [0.15, 0.2) is 0 Å². The summed E-state index contributed by atoms with van der Waals surface area (Å²) in [4.78, 5) is 0. The molecular weight excluding hydrogens is 235 g/mol. The molecule has 0 unspecified atom stereocenters. The fourth-order valence-corrected chi connectivity index (χ4v) is 1.72. The summed E-state index contributed by atoms with van der Waals surface area (Å²) < 4.78 is 59.9. The molecule has 0 N–H and O–H groups in total. The highest BCUT2D eigenvalue weighted by Gasteiger charge is 2.56. The van der Waals surface area contributed by atoms with Gasteiger partial charge < -0.3 is 0 Å². The Morgan fingerprint density at radius 1 is 0.933 bits per heavy atom. The minimum absolute atomic E-state index is 0.104. The van der Waals surface area contributed by atoms with Gasteiger partial charge in [0.2, 0.25) is 0 Å². The fraction of sp³-hybridized carbons (Fsp3) is 1.00. The molecule has 0 radical (unpaired) electrons. The van der Waals surface area contributed by atoms with Crippen molar-refractivity contribution < 1.29 is 22.0 Å². The molecule has 0 atom stereocenters. The van der Waals surface area contributed by atoms with E-state index in [0.717, 1.165) is 0 Å². The molecule has 0 aromatic heterocycles. The Morgan fingerprint density at radius 3 is 1.73 bits per heavy atom. The van der Waals surface area contributed by atoms with Crippen molar-refractivity contribution in [3.8, 4) is 0 Å².